The van der Waals surface area contributed by atoms with Crippen LogP contribution in [0.15, 0.2) is 30.3 Å². The van der Waals surface area contributed by atoms with Gasteiger partial charge in [0.25, 0.3) is 0 Å². The molecule has 1 N–H and O–H groups in total. The van der Waals surface area contributed by atoms with Crippen molar-refractivity contribution in [1.29, 1.82) is 0 Å². The fourth-order valence-electron chi connectivity index (χ4n) is 1.94. The zero-order valence-electron chi connectivity index (χ0n) is 11.7. The second-order valence-corrected chi connectivity index (χ2v) is 5.15. The summed E-state index contributed by atoms with van der Waals surface area (Å²) >= 11 is 6.00. The van der Waals surface area contributed by atoms with Crippen LogP contribution in [-0.2, 0) is 4.79 Å². The molecule has 1 amide bonds. The van der Waals surface area contributed by atoms with E-state index in [0.29, 0.717) is 17.3 Å². The Morgan fingerprint density at radius 3 is 2.90 bits per heavy atom. The molecule has 1 heterocycles. The lowest BCUT2D eigenvalue weighted by Gasteiger charge is -2.09. The number of anilines is 1. The summed E-state index contributed by atoms with van der Waals surface area (Å²) in [5.74, 6) is 0.681. The van der Waals surface area contributed by atoms with E-state index >= 15 is 0 Å². The van der Waals surface area contributed by atoms with Crippen molar-refractivity contribution in [2.45, 2.75) is 33.1 Å². The van der Waals surface area contributed by atoms with Crippen LogP contribution in [0, 0.1) is 6.92 Å². The molecule has 0 aliphatic heterocycles. The molecular weight excluding hydrogens is 274 g/mol. The number of aryl methyl sites for hydroxylation is 1. The summed E-state index contributed by atoms with van der Waals surface area (Å²) in [7, 11) is 0. The minimum absolute atomic E-state index is 0.00929. The van der Waals surface area contributed by atoms with Crippen LogP contribution >= 0.6 is 11.6 Å². The largest absolute Gasteiger partial charge is 0.311 e. The number of unbranched alkanes of at least 4 members (excludes halogenated alkanes) is 1. The van der Waals surface area contributed by atoms with Crippen LogP contribution in [0.3, 0.4) is 0 Å². The van der Waals surface area contributed by atoms with Crippen LogP contribution in [0.4, 0.5) is 5.82 Å². The molecule has 2 aromatic rings. The van der Waals surface area contributed by atoms with Crippen molar-refractivity contribution in [1.82, 2.24) is 9.78 Å². The van der Waals surface area contributed by atoms with E-state index in [1.807, 2.05) is 31.2 Å². The van der Waals surface area contributed by atoms with Gasteiger partial charge in [-0.1, -0.05) is 31.0 Å². The molecule has 0 unspecified atom stereocenters. The van der Waals surface area contributed by atoms with Gasteiger partial charge in [-0.3, -0.25) is 4.79 Å². The second kappa shape index (κ2) is 6.57. The molecule has 1 aromatic carbocycles. The van der Waals surface area contributed by atoms with Crippen molar-refractivity contribution in [2.24, 2.45) is 0 Å². The number of carbonyl (C=O) groups excluding carboxylic acids is 1. The minimum atomic E-state index is 0.00929. The monoisotopic (exact) mass is 291 g/mol. The highest BCUT2D eigenvalue weighted by Crippen LogP contribution is 2.20. The van der Waals surface area contributed by atoms with Crippen molar-refractivity contribution in [3.63, 3.8) is 0 Å². The third kappa shape index (κ3) is 3.61. The number of halogens is 1. The van der Waals surface area contributed by atoms with Gasteiger partial charge in [0.2, 0.25) is 5.91 Å². The van der Waals surface area contributed by atoms with Gasteiger partial charge in [-0.15, -0.1) is 0 Å². The van der Waals surface area contributed by atoms with Crippen molar-refractivity contribution in [2.75, 3.05) is 5.32 Å². The summed E-state index contributed by atoms with van der Waals surface area (Å²) in [5, 5.41) is 7.94. The highest BCUT2D eigenvalue weighted by molar-refractivity contribution is 6.30. The Kier molecular flexibility index (Phi) is 4.79. The van der Waals surface area contributed by atoms with Gasteiger partial charge in [0.1, 0.15) is 5.82 Å². The molecule has 106 valence electrons. The lowest BCUT2D eigenvalue weighted by Crippen LogP contribution is -2.14. The molecule has 1 aromatic heterocycles. The molecular formula is C15H18ClN3O. The third-order valence-corrected chi connectivity index (χ3v) is 3.14. The molecule has 0 aliphatic carbocycles. The summed E-state index contributed by atoms with van der Waals surface area (Å²) in [5.41, 5.74) is 1.67. The van der Waals surface area contributed by atoms with Crippen molar-refractivity contribution in [3.05, 3.63) is 41.0 Å². The molecule has 0 radical (unpaired) electrons. The van der Waals surface area contributed by atoms with E-state index in [1.54, 1.807) is 10.7 Å². The lowest BCUT2D eigenvalue weighted by molar-refractivity contribution is -0.116. The first-order chi connectivity index (χ1) is 9.60. The Morgan fingerprint density at radius 1 is 1.40 bits per heavy atom. The molecule has 0 spiro atoms. The van der Waals surface area contributed by atoms with Crippen LogP contribution < -0.4 is 5.32 Å². The van der Waals surface area contributed by atoms with Gasteiger partial charge in [0.15, 0.2) is 0 Å². The molecule has 0 aliphatic rings. The zero-order valence-corrected chi connectivity index (χ0v) is 12.4. The first-order valence-electron chi connectivity index (χ1n) is 6.72. The Balaban J connectivity index is 2.24. The first-order valence-corrected chi connectivity index (χ1v) is 7.10. The predicted molar refractivity (Wildman–Crippen MR) is 81.5 cm³/mol. The maximum Gasteiger partial charge on any atom is 0.225 e. The smallest absolute Gasteiger partial charge is 0.225 e. The fraction of sp³-hybridized carbons (Fsp3) is 0.333. The average molecular weight is 292 g/mol. The molecule has 20 heavy (non-hydrogen) atoms. The van der Waals surface area contributed by atoms with E-state index in [2.05, 4.69) is 17.3 Å². The van der Waals surface area contributed by atoms with Gasteiger partial charge in [-0.05, 0) is 31.5 Å². The first kappa shape index (κ1) is 14.6. The Hall–Kier alpha value is -1.81. The number of hydrogen-bond acceptors (Lipinski definition) is 2. The SMILES string of the molecule is CCCCC(=O)Nc1cc(C)nn1-c1cccc(Cl)c1. The number of benzene rings is 1. The lowest BCUT2D eigenvalue weighted by atomic mass is 10.2. The van der Waals surface area contributed by atoms with Gasteiger partial charge >= 0.3 is 0 Å². The van der Waals surface area contributed by atoms with E-state index in [0.717, 1.165) is 24.2 Å². The van der Waals surface area contributed by atoms with E-state index < -0.39 is 0 Å². The van der Waals surface area contributed by atoms with Crippen LogP contribution in [0.1, 0.15) is 31.9 Å². The summed E-state index contributed by atoms with van der Waals surface area (Å²) < 4.78 is 1.70. The third-order valence-electron chi connectivity index (χ3n) is 2.91. The summed E-state index contributed by atoms with van der Waals surface area (Å²) in [6.45, 7) is 3.95. The van der Waals surface area contributed by atoms with Gasteiger partial charge in [0, 0.05) is 17.5 Å². The van der Waals surface area contributed by atoms with Crippen LogP contribution in [0.2, 0.25) is 5.02 Å². The number of nitrogens with zero attached hydrogens (tertiary/aromatic N) is 2. The number of aromatic nitrogens is 2. The standard InChI is InChI=1S/C15H18ClN3O/c1-3-4-8-15(20)17-14-9-11(2)18-19(14)13-7-5-6-12(16)10-13/h5-7,9-10H,3-4,8H2,1-2H3,(H,17,20). The number of amides is 1. The molecule has 2 rings (SSSR count). The number of nitrogens with one attached hydrogen (secondary N) is 1. The molecule has 0 saturated carbocycles. The molecule has 4 nitrogen and oxygen atoms in total. The van der Waals surface area contributed by atoms with Crippen LogP contribution in [-0.4, -0.2) is 15.7 Å². The fourth-order valence-corrected chi connectivity index (χ4v) is 2.12. The maximum absolute atomic E-state index is 11.9. The maximum atomic E-state index is 11.9. The summed E-state index contributed by atoms with van der Waals surface area (Å²) in [4.78, 5) is 11.9. The van der Waals surface area contributed by atoms with Crippen LogP contribution in [0.25, 0.3) is 5.69 Å². The van der Waals surface area contributed by atoms with Gasteiger partial charge in [0.05, 0.1) is 11.4 Å². The van der Waals surface area contributed by atoms with E-state index in [-0.39, 0.29) is 5.91 Å². The molecule has 0 atom stereocenters. The summed E-state index contributed by atoms with van der Waals surface area (Å²) in [6, 6.07) is 9.23. The normalized spacial score (nSPS) is 10.6. The van der Waals surface area contributed by atoms with Crippen molar-refractivity contribution >= 4 is 23.3 Å². The topological polar surface area (TPSA) is 46.9 Å². The predicted octanol–water partition coefficient (Wildman–Crippen LogP) is 3.96. The van der Waals surface area contributed by atoms with Gasteiger partial charge < -0.3 is 5.32 Å². The number of carbonyl (C=O) groups is 1. The molecule has 5 heteroatoms. The molecule has 0 fully saturated rings. The average Bonchev–Trinajstić information content (AvgIpc) is 2.77. The van der Waals surface area contributed by atoms with Gasteiger partial charge in [-0.2, -0.15) is 5.10 Å². The Labute approximate surface area is 123 Å². The molecule has 0 bridgehead atoms. The second-order valence-electron chi connectivity index (χ2n) is 4.71. The number of rotatable bonds is 5. The minimum Gasteiger partial charge on any atom is -0.311 e. The van der Waals surface area contributed by atoms with E-state index in [1.165, 1.54) is 0 Å². The van der Waals surface area contributed by atoms with Gasteiger partial charge in [-0.25, -0.2) is 4.68 Å². The van der Waals surface area contributed by atoms with Crippen molar-refractivity contribution < 1.29 is 4.79 Å². The van der Waals surface area contributed by atoms with Crippen LogP contribution in [0.5, 0.6) is 0 Å². The van der Waals surface area contributed by atoms with E-state index in [4.69, 9.17) is 11.6 Å². The summed E-state index contributed by atoms with van der Waals surface area (Å²) in [6.07, 6.45) is 2.41. The highest BCUT2D eigenvalue weighted by atomic mass is 35.5. The quantitative estimate of drug-likeness (QED) is 0.906. The Bertz CT molecular complexity index is 607. The Morgan fingerprint density at radius 2 is 2.20 bits per heavy atom. The molecule has 0 saturated heterocycles. The highest BCUT2D eigenvalue weighted by Gasteiger charge is 2.10. The zero-order chi connectivity index (χ0) is 14.5. The van der Waals surface area contributed by atoms with Crippen molar-refractivity contribution in [3.8, 4) is 5.69 Å². The van der Waals surface area contributed by atoms with E-state index in [9.17, 15) is 4.79 Å². The number of hydrogen-bond donors (Lipinski definition) is 1.